The second-order valence-electron chi connectivity index (χ2n) is 7.51. The highest BCUT2D eigenvalue weighted by Gasteiger charge is 2.20. The van der Waals surface area contributed by atoms with E-state index < -0.39 is 15.1 Å². The number of hydrogen-bond acceptors (Lipinski definition) is 6. The van der Waals surface area contributed by atoms with Crippen LogP contribution in [0.5, 0.6) is 5.75 Å². The number of anilines is 1. The summed E-state index contributed by atoms with van der Waals surface area (Å²) < 4.78 is 27.1. The van der Waals surface area contributed by atoms with Gasteiger partial charge in [0.1, 0.15) is 5.75 Å². The molecule has 7 nitrogen and oxygen atoms in total. The lowest BCUT2D eigenvalue weighted by Crippen LogP contribution is -2.26. The highest BCUT2D eigenvalue weighted by molar-refractivity contribution is 8.08. The van der Waals surface area contributed by atoms with Gasteiger partial charge in [-0.2, -0.15) is 8.42 Å². The van der Waals surface area contributed by atoms with Crippen LogP contribution in [-0.4, -0.2) is 31.0 Å². The molecule has 0 atom stereocenters. The first-order valence-electron chi connectivity index (χ1n) is 10.0. The Hall–Kier alpha value is -3.17. The van der Waals surface area contributed by atoms with Crippen LogP contribution in [0.25, 0.3) is 0 Å². The van der Waals surface area contributed by atoms with Gasteiger partial charge in [-0.25, -0.2) is 0 Å². The Morgan fingerprint density at radius 1 is 1.09 bits per heavy atom. The fraction of sp³-hybridized carbons (Fsp3) is 0.217. The SMILES string of the molecule is CC(C)c1cccc(C(=O)NCCc2ccc(NS(=O)(=O)C(=N)c3cccs3)cc2)c1O. The number of hydrogen-bond donors (Lipinski definition) is 4. The molecule has 2 aromatic carbocycles. The van der Waals surface area contributed by atoms with Gasteiger partial charge in [-0.15, -0.1) is 11.3 Å². The number of carbonyl (C=O) groups is 1. The first-order chi connectivity index (χ1) is 15.2. The van der Waals surface area contributed by atoms with Crippen LogP contribution in [0, 0.1) is 5.41 Å². The standard InChI is InChI=1S/C23H25N3O4S2/c1-15(2)18-5-3-6-19(21(18)27)23(28)25-13-12-16-8-10-17(11-9-16)26-32(29,30)22(24)20-7-4-14-31-20/h3-11,14-15,24,26-27H,12-13H2,1-2H3,(H,25,28). The third-order valence-corrected chi connectivity index (χ3v) is 7.13. The van der Waals surface area contributed by atoms with Gasteiger partial charge in [-0.3, -0.25) is 14.9 Å². The lowest BCUT2D eigenvalue weighted by Gasteiger charge is -2.12. The lowest BCUT2D eigenvalue weighted by molar-refractivity contribution is 0.0951. The summed E-state index contributed by atoms with van der Waals surface area (Å²) in [5, 5.41) is 22.3. The molecule has 0 aliphatic carbocycles. The normalized spacial score (nSPS) is 11.3. The van der Waals surface area contributed by atoms with Crippen LogP contribution < -0.4 is 10.0 Å². The van der Waals surface area contributed by atoms with Crippen molar-refractivity contribution in [3.63, 3.8) is 0 Å². The van der Waals surface area contributed by atoms with Crippen molar-refractivity contribution in [3.05, 3.63) is 81.5 Å². The Balaban J connectivity index is 1.56. The number of thiophene rings is 1. The highest BCUT2D eigenvalue weighted by atomic mass is 32.2. The van der Waals surface area contributed by atoms with Crippen LogP contribution in [0.15, 0.2) is 60.0 Å². The molecule has 0 saturated heterocycles. The number of rotatable bonds is 8. The predicted octanol–water partition coefficient (Wildman–Crippen LogP) is 4.32. The first-order valence-corrected chi connectivity index (χ1v) is 12.4. The van der Waals surface area contributed by atoms with E-state index in [2.05, 4.69) is 10.0 Å². The van der Waals surface area contributed by atoms with E-state index in [0.29, 0.717) is 23.5 Å². The minimum absolute atomic E-state index is 0.00440. The van der Waals surface area contributed by atoms with Gasteiger partial charge < -0.3 is 10.4 Å². The van der Waals surface area contributed by atoms with Crippen molar-refractivity contribution in [2.75, 3.05) is 11.3 Å². The minimum Gasteiger partial charge on any atom is -0.507 e. The molecule has 0 fully saturated rings. The van der Waals surface area contributed by atoms with Gasteiger partial charge in [0.15, 0.2) is 5.04 Å². The molecule has 9 heteroatoms. The van der Waals surface area contributed by atoms with Crippen molar-refractivity contribution in [1.29, 1.82) is 5.41 Å². The maximum absolute atomic E-state index is 12.4. The molecule has 0 bridgehead atoms. The fourth-order valence-electron chi connectivity index (χ4n) is 3.11. The van der Waals surface area contributed by atoms with Gasteiger partial charge >= 0.3 is 0 Å². The third-order valence-electron chi connectivity index (χ3n) is 4.85. The molecule has 0 radical (unpaired) electrons. The Kier molecular flexibility index (Phi) is 7.32. The van der Waals surface area contributed by atoms with Gasteiger partial charge in [-0.05, 0) is 53.1 Å². The molecule has 4 N–H and O–H groups in total. The highest BCUT2D eigenvalue weighted by Crippen LogP contribution is 2.28. The fourth-order valence-corrected chi connectivity index (χ4v) is 5.03. The second-order valence-corrected chi connectivity index (χ2v) is 10.1. The van der Waals surface area contributed by atoms with E-state index >= 15 is 0 Å². The van der Waals surface area contributed by atoms with Crippen molar-refractivity contribution in [1.82, 2.24) is 5.32 Å². The van der Waals surface area contributed by atoms with E-state index in [-0.39, 0.29) is 23.1 Å². The maximum Gasteiger partial charge on any atom is 0.280 e. The van der Waals surface area contributed by atoms with E-state index in [4.69, 9.17) is 5.41 Å². The molecule has 1 aromatic heterocycles. The first kappa shape index (κ1) is 23.5. The van der Waals surface area contributed by atoms with Crippen LogP contribution in [0.2, 0.25) is 0 Å². The van der Waals surface area contributed by atoms with Crippen molar-refractivity contribution in [2.24, 2.45) is 0 Å². The van der Waals surface area contributed by atoms with Crippen molar-refractivity contribution in [3.8, 4) is 5.75 Å². The average Bonchev–Trinajstić information content (AvgIpc) is 3.28. The summed E-state index contributed by atoms with van der Waals surface area (Å²) in [6, 6.07) is 15.2. The van der Waals surface area contributed by atoms with Crippen molar-refractivity contribution < 1.29 is 18.3 Å². The lowest BCUT2D eigenvalue weighted by atomic mass is 9.99. The Morgan fingerprint density at radius 3 is 2.44 bits per heavy atom. The largest absolute Gasteiger partial charge is 0.507 e. The summed E-state index contributed by atoms with van der Waals surface area (Å²) in [6.45, 7) is 4.26. The molecule has 0 spiro atoms. The Labute approximate surface area is 191 Å². The number of amides is 1. The van der Waals surface area contributed by atoms with E-state index in [0.717, 1.165) is 11.1 Å². The second kappa shape index (κ2) is 9.97. The minimum atomic E-state index is -3.96. The molecule has 1 amide bonds. The molecule has 32 heavy (non-hydrogen) atoms. The van der Waals surface area contributed by atoms with Crippen molar-refractivity contribution >= 4 is 38.0 Å². The van der Waals surface area contributed by atoms with Crippen LogP contribution in [0.3, 0.4) is 0 Å². The van der Waals surface area contributed by atoms with E-state index in [1.165, 1.54) is 11.3 Å². The van der Waals surface area contributed by atoms with Crippen LogP contribution in [-0.2, 0) is 16.4 Å². The number of aromatic hydroxyl groups is 1. The number of benzene rings is 2. The zero-order chi connectivity index (χ0) is 23.3. The smallest absolute Gasteiger partial charge is 0.280 e. The molecule has 3 rings (SSSR count). The number of phenols is 1. The molecular formula is C23H25N3O4S2. The van der Waals surface area contributed by atoms with Gasteiger partial charge in [-0.1, -0.05) is 44.2 Å². The molecule has 0 unspecified atom stereocenters. The number of phenolic OH excluding ortho intramolecular Hbond substituents is 1. The number of nitrogens with one attached hydrogen (secondary N) is 3. The number of para-hydroxylation sites is 1. The van der Waals surface area contributed by atoms with Crippen LogP contribution >= 0.6 is 11.3 Å². The third kappa shape index (κ3) is 5.54. The van der Waals surface area contributed by atoms with E-state index in [1.54, 1.807) is 60.0 Å². The molecule has 1 heterocycles. The summed E-state index contributed by atoms with van der Waals surface area (Å²) in [4.78, 5) is 12.8. The molecule has 168 valence electrons. The Morgan fingerprint density at radius 2 is 1.81 bits per heavy atom. The van der Waals surface area contributed by atoms with Gasteiger partial charge in [0.25, 0.3) is 15.9 Å². The Bertz CT molecular complexity index is 1200. The van der Waals surface area contributed by atoms with Gasteiger partial charge in [0.05, 0.1) is 10.4 Å². The van der Waals surface area contributed by atoms with E-state index in [1.807, 2.05) is 13.8 Å². The molecule has 0 aliphatic heterocycles. The summed E-state index contributed by atoms with van der Waals surface area (Å²) >= 11 is 1.19. The summed E-state index contributed by atoms with van der Waals surface area (Å²) in [6.07, 6.45) is 0.536. The average molecular weight is 472 g/mol. The van der Waals surface area contributed by atoms with Crippen LogP contribution in [0.4, 0.5) is 5.69 Å². The molecular weight excluding hydrogens is 446 g/mol. The van der Waals surface area contributed by atoms with Crippen molar-refractivity contribution in [2.45, 2.75) is 26.2 Å². The quantitative estimate of drug-likeness (QED) is 0.289. The van der Waals surface area contributed by atoms with E-state index in [9.17, 15) is 18.3 Å². The number of carbonyl (C=O) groups excluding carboxylic acids is 1. The summed E-state index contributed by atoms with van der Waals surface area (Å²) in [5.41, 5.74) is 2.23. The van der Waals surface area contributed by atoms with Gasteiger partial charge in [0.2, 0.25) is 0 Å². The zero-order valence-corrected chi connectivity index (χ0v) is 19.4. The zero-order valence-electron chi connectivity index (χ0n) is 17.8. The number of sulfonamides is 1. The van der Waals surface area contributed by atoms with Crippen LogP contribution in [0.1, 0.15) is 46.1 Å². The topological polar surface area (TPSA) is 119 Å². The summed E-state index contributed by atoms with van der Waals surface area (Å²) in [5.74, 6) is -0.237. The van der Waals surface area contributed by atoms with Gasteiger partial charge in [0, 0.05) is 12.2 Å². The molecule has 0 saturated carbocycles. The summed E-state index contributed by atoms with van der Waals surface area (Å²) in [7, 11) is -3.96. The molecule has 0 aliphatic rings. The molecule has 3 aromatic rings. The predicted molar refractivity (Wildman–Crippen MR) is 128 cm³/mol. The monoisotopic (exact) mass is 471 g/mol. The maximum atomic E-state index is 12.4.